The Morgan fingerprint density at radius 3 is 2.50 bits per heavy atom. The molecule has 0 bridgehead atoms. The highest BCUT2D eigenvalue weighted by atomic mass is 16.7. The first-order chi connectivity index (χ1) is 8.47. The van der Waals surface area contributed by atoms with Gasteiger partial charge in [0, 0.05) is 13.5 Å². The van der Waals surface area contributed by atoms with Crippen molar-refractivity contribution < 1.29 is 34.7 Å². The van der Waals surface area contributed by atoms with Gasteiger partial charge in [-0.05, 0) is 0 Å². The predicted octanol–water partition coefficient (Wildman–Crippen LogP) is -3.06. The number of hydrogen-bond donors (Lipinski definition) is 5. The Bertz CT molecular complexity index is 273. The third-order valence-electron chi connectivity index (χ3n) is 2.61. The highest BCUT2D eigenvalue weighted by Crippen LogP contribution is 2.21. The number of rotatable bonds is 5. The fraction of sp³-hybridized carbons (Fsp3) is 0.900. The van der Waals surface area contributed by atoms with Crippen molar-refractivity contribution in [2.75, 3.05) is 19.8 Å². The summed E-state index contributed by atoms with van der Waals surface area (Å²) in [5.41, 5.74) is 0. The number of aliphatic hydroxyl groups excluding tert-OH is 4. The highest BCUT2D eigenvalue weighted by molar-refractivity contribution is 5.72. The molecule has 18 heavy (non-hydrogen) atoms. The first-order valence-electron chi connectivity index (χ1n) is 5.64. The molecule has 5 N–H and O–H groups in total. The molecule has 0 aromatic rings. The van der Waals surface area contributed by atoms with Crippen molar-refractivity contribution in [1.82, 2.24) is 5.32 Å². The van der Waals surface area contributed by atoms with E-state index in [0.717, 1.165) is 0 Å². The molecule has 1 aliphatic rings. The lowest BCUT2D eigenvalue weighted by Crippen LogP contribution is -2.59. The second-order valence-electron chi connectivity index (χ2n) is 4.05. The van der Waals surface area contributed by atoms with E-state index < -0.39 is 37.3 Å². The average Bonchev–Trinajstić information content (AvgIpc) is 2.34. The number of ether oxygens (including phenoxy) is 2. The molecule has 0 aromatic heterocycles. The average molecular weight is 265 g/mol. The molecule has 0 radical (unpaired) electrons. The summed E-state index contributed by atoms with van der Waals surface area (Å²) >= 11 is 0. The summed E-state index contributed by atoms with van der Waals surface area (Å²) in [4.78, 5) is 10.6. The molecule has 1 heterocycles. The first-order valence-corrected chi connectivity index (χ1v) is 5.64. The summed E-state index contributed by atoms with van der Waals surface area (Å²) in [7, 11) is 0. The first kappa shape index (κ1) is 15.3. The van der Waals surface area contributed by atoms with Gasteiger partial charge >= 0.3 is 0 Å². The van der Waals surface area contributed by atoms with Crippen LogP contribution in [0.1, 0.15) is 6.92 Å². The Morgan fingerprint density at radius 1 is 1.28 bits per heavy atom. The monoisotopic (exact) mass is 265 g/mol. The molecule has 5 atom stereocenters. The zero-order chi connectivity index (χ0) is 13.7. The topological polar surface area (TPSA) is 128 Å². The van der Waals surface area contributed by atoms with E-state index in [9.17, 15) is 20.1 Å². The number of amides is 1. The van der Waals surface area contributed by atoms with E-state index in [1.54, 1.807) is 0 Å². The van der Waals surface area contributed by atoms with Gasteiger partial charge in [0.05, 0.1) is 13.2 Å². The number of hydrogen-bond acceptors (Lipinski definition) is 7. The van der Waals surface area contributed by atoms with Crippen molar-refractivity contribution in [1.29, 1.82) is 0 Å². The van der Waals surface area contributed by atoms with Gasteiger partial charge in [-0.15, -0.1) is 0 Å². The molecule has 1 rings (SSSR count). The van der Waals surface area contributed by atoms with Gasteiger partial charge in [-0.25, -0.2) is 0 Å². The minimum absolute atomic E-state index is 0.0717. The highest BCUT2D eigenvalue weighted by Gasteiger charge is 2.43. The molecule has 8 heteroatoms. The standard InChI is InChI=1S/C10H19NO7/c1-5(13)11-2-3-17-10-9(16)8(15)7(14)6(4-12)18-10/h6-10,12,14-16H,2-4H2,1H3,(H,11,13)/t6?,7-,8-,9?,10+/m0/s1. The Kier molecular flexibility index (Phi) is 5.93. The van der Waals surface area contributed by atoms with Gasteiger partial charge < -0.3 is 35.2 Å². The molecule has 0 spiro atoms. The van der Waals surface area contributed by atoms with E-state index in [1.165, 1.54) is 6.92 Å². The summed E-state index contributed by atoms with van der Waals surface area (Å²) in [5, 5.41) is 40.0. The quantitative estimate of drug-likeness (QED) is 0.334. The normalized spacial score (nSPS) is 36.4. The van der Waals surface area contributed by atoms with Crippen molar-refractivity contribution in [3.8, 4) is 0 Å². The van der Waals surface area contributed by atoms with Gasteiger partial charge in [-0.3, -0.25) is 4.79 Å². The van der Waals surface area contributed by atoms with Gasteiger partial charge in [0.25, 0.3) is 0 Å². The molecule has 8 nitrogen and oxygen atoms in total. The van der Waals surface area contributed by atoms with Crippen LogP contribution in [0.25, 0.3) is 0 Å². The fourth-order valence-corrected chi connectivity index (χ4v) is 1.61. The smallest absolute Gasteiger partial charge is 0.216 e. The van der Waals surface area contributed by atoms with Crippen LogP contribution in [0.5, 0.6) is 0 Å². The van der Waals surface area contributed by atoms with Crippen molar-refractivity contribution in [3.05, 3.63) is 0 Å². The number of carbonyl (C=O) groups is 1. The Balaban J connectivity index is 2.41. The van der Waals surface area contributed by atoms with Crippen LogP contribution in [-0.4, -0.2) is 76.8 Å². The Morgan fingerprint density at radius 2 is 1.94 bits per heavy atom. The predicted molar refractivity (Wildman–Crippen MR) is 58.4 cm³/mol. The van der Waals surface area contributed by atoms with E-state index >= 15 is 0 Å². The summed E-state index contributed by atoms with van der Waals surface area (Å²) in [6, 6.07) is 0. The lowest BCUT2D eigenvalue weighted by molar-refractivity contribution is -0.300. The van der Waals surface area contributed by atoms with Crippen LogP contribution in [-0.2, 0) is 14.3 Å². The van der Waals surface area contributed by atoms with Crippen LogP contribution in [0.2, 0.25) is 0 Å². The lowest BCUT2D eigenvalue weighted by Gasteiger charge is -2.39. The minimum atomic E-state index is -1.46. The second-order valence-corrected chi connectivity index (χ2v) is 4.05. The summed E-state index contributed by atoms with van der Waals surface area (Å²) in [6.45, 7) is 1.15. The zero-order valence-electron chi connectivity index (χ0n) is 10.0. The van der Waals surface area contributed by atoms with Crippen LogP contribution < -0.4 is 5.32 Å². The lowest BCUT2D eigenvalue weighted by atomic mass is 9.99. The molecule has 1 amide bonds. The Labute approximate surface area is 104 Å². The van der Waals surface area contributed by atoms with Crippen LogP contribution in [0.3, 0.4) is 0 Å². The van der Waals surface area contributed by atoms with Gasteiger partial charge in [0.15, 0.2) is 6.29 Å². The van der Waals surface area contributed by atoms with Gasteiger partial charge in [-0.2, -0.15) is 0 Å². The van der Waals surface area contributed by atoms with E-state index in [0.29, 0.717) is 0 Å². The number of nitrogens with one attached hydrogen (secondary N) is 1. The molecule has 0 aromatic carbocycles. The van der Waals surface area contributed by atoms with Crippen LogP contribution in [0.15, 0.2) is 0 Å². The zero-order valence-corrected chi connectivity index (χ0v) is 10.0. The van der Waals surface area contributed by atoms with Crippen molar-refractivity contribution in [2.45, 2.75) is 37.6 Å². The van der Waals surface area contributed by atoms with Gasteiger partial charge in [-0.1, -0.05) is 0 Å². The number of carbonyl (C=O) groups excluding carboxylic acids is 1. The van der Waals surface area contributed by atoms with Crippen molar-refractivity contribution >= 4 is 5.91 Å². The molecule has 2 unspecified atom stereocenters. The summed E-state index contributed by atoms with van der Waals surface area (Å²) in [6.07, 6.45) is -6.43. The fourth-order valence-electron chi connectivity index (χ4n) is 1.61. The third kappa shape index (κ3) is 3.87. The van der Waals surface area contributed by atoms with Crippen LogP contribution in [0.4, 0.5) is 0 Å². The van der Waals surface area contributed by atoms with Crippen molar-refractivity contribution in [3.63, 3.8) is 0 Å². The molecule has 1 fully saturated rings. The molecule has 1 saturated heterocycles. The van der Waals surface area contributed by atoms with Crippen molar-refractivity contribution in [2.24, 2.45) is 0 Å². The number of aliphatic hydroxyl groups is 4. The third-order valence-corrected chi connectivity index (χ3v) is 2.61. The van der Waals surface area contributed by atoms with E-state index in [4.69, 9.17) is 14.6 Å². The van der Waals surface area contributed by atoms with E-state index in [-0.39, 0.29) is 19.1 Å². The van der Waals surface area contributed by atoms with Crippen LogP contribution >= 0.6 is 0 Å². The molecular weight excluding hydrogens is 246 g/mol. The molecule has 1 aliphatic heterocycles. The maximum Gasteiger partial charge on any atom is 0.216 e. The SMILES string of the molecule is CC(=O)NCCO[C@@H]1OC(CO)[C@H](O)[C@H](O)C1O. The van der Waals surface area contributed by atoms with E-state index in [2.05, 4.69) is 5.32 Å². The van der Waals surface area contributed by atoms with Crippen LogP contribution in [0, 0.1) is 0 Å². The summed E-state index contributed by atoms with van der Waals surface area (Å²) in [5.74, 6) is -0.215. The van der Waals surface area contributed by atoms with Gasteiger partial charge in [0.2, 0.25) is 5.91 Å². The largest absolute Gasteiger partial charge is 0.394 e. The molecular formula is C10H19NO7. The maximum absolute atomic E-state index is 10.6. The maximum atomic E-state index is 10.6. The molecule has 0 saturated carbocycles. The van der Waals surface area contributed by atoms with E-state index in [1.807, 2.05) is 0 Å². The van der Waals surface area contributed by atoms with Gasteiger partial charge in [0.1, 0.15) is 24.4 Å². The Hall–Kier alpha value is -0.770. The second kappa shape index (κ2) is 6.98. The molecule has 106 valence electrons. The molecule has 0 aliphatic carbocycles. The minimum Gasteiger partial charge on any atom is -0.394 e. The summed E-state index contributed by atoms with van der Waals surface area (Å²) < 4.78 is 10.2.